The van der Waals surface area contributed by atoms with Crippen LogP contribution < -0.4 is 20.3 Å². The lowest BCUT2D eigenvalue weighted by atomic mass is 10.0. The third kappa shape index (κ3) is 7.17. The summed E-state index contributed by atoms with van der Waals surface area (Å²) < 4.78 is 6.28. The van der Waals surface area contributed by atoms with Crippen molar-refractivity contribution < 1.29 is 19.1 Å². The SMILES string of the molecule is CC(=O)Nc1ccc(/C=C/C(=O)NCC(=O)N(C)c2ccc(C)c(COc3cccc4c(C)cc(C)nc34)c2C)cn1. The molecule has 9 heteroatoms. The van der Waals surface area contributed by atoms with Gasteiger partial charge in [-0.05, 0) is 91.9 Å². The molecule has 0 unspecified atom stereocenters. The standard InChI is InChI=1S/C33H35N5O4/c1-20-10-13-28(23(4)27(20)19-42-29-9-7-8-26-21(2)16-22(3)36-33(26)29)38(6)32(41)18-35-31(40)15-12-25-11-14-30(34-17-25)37-24(5)39/h7-17H,18-19H2,1-6H3,(H,35,40)(H,34,37,39)/b15-12+. The summed E-state index contributed by atoms with van der Waals surface area (Å²) in [6.07, 6.45) is 4.45. The number of carbonyl (C=O) groups is 3. The number of benzene rings is 2. The molecule has 4 rings (SSSR count). The van der Waals surface area contributed by atoms with Gasteiger partial charge in [-0.3, -0.25) is 14.4 Å². The van der Waals surface area contributed by atoms with Crippen LogP contribution in [0.5, 0.6) is 5.75 Å². The van der Waals surface area contributed by atoms with E-state index < -0.39 is 5.91 Å². The molecule has 2 aromatic heterocycles. The second-order valence-corrected chi connectivity index (χ2v) is 10.2. The first-order chi connectivity index (χ1) is 20.0. The normalized spacial score (nSPS) is 11.0. The Bertz CT molecular complexity index is 1680. The minimum Gasteiger partial charge on any atom is -0.487 e. The van der Waals surface area contributed by atoms with E-state index in [2.05, 4.69) is 28.6 Å². The number of ether oxygens (including phenoxy) is 1. The summed E-state index contributed by atoms with van der Waals surface area (Å²) in [6, 6.07) is 15.2. The fourth-order valence-corrected chi connectivity index (χ4v) is 4.69. The number of aryl methyl sites for hydroxylation is 3. The zero-order chi connectivity index (χ0) is 30.4. The number of amides is 3. The summed E-state index contributed by atoms with van der Waals surface area (Å²) in [6.45, 7) is 9.58. The number of likely N-dealkylation sites (N-methyl/N-ethyl adjacent to an activating group) is 1. The average molecular weight is 566 g/mol. The van der Waals surface area contributed by atoms with Gasteiger partial charge in [0.15, 0.2) is 0 Å². The highest BCUT2D eigenvalue weighted by Gasteiger charge is 2.17. The van der Waals surface area contributed by atoms with Gasteiger partial charge in [-0.15, -0.1) is 0 Å². The van der Waals surface area contributed by atoms with Crippen LogP contribution in [0.3, 0.4) is 0 Å². The van der Waals surface area contributed by atoms with Crippen LogP contribution in [0.1, 0.15) is 40.4 Å². The summed E-state index contributed by atoms with van der Waals surface area (Å²) in [5, 5.41) is 6.27. The zero-order valence-electron chi connectivity index (χ0n) is 24.7. The molecular formula is C33H35N5O4. The van der Waals surface area contributed by atoms with Crippen LogP contribution in [-0.2, 0) is 21.0 Å². The van der Waals surface area contributed by atoms with E-state index in [9.17, 15) is 14.4 Å². The quantitative estimate of drug-likeness (QED) is 0.270. The van der Waals surface area contributed by atoms with Gasteiger partial charge >= 0.3 is 0 Å². The Labute approximate surface area is 245 Å². The van der Waals surface area contributed by atoms with E-state index in [1.54, 1.807) is 30.2 Å². The minimum absolute atomic E-state index is 0.168. The molecule has 0 bridgehead atoms. The van der Waals surface area contributed by atoms with E-state index in [0.717, 1.165) is 44.5 Å². The van der Waals surface area contributed by atoms with Crippen LogP contribution in [0, 0.1) is 27.7 Å². The number of rotatable bonds is 9. The second kappa shape index (κ2) is 13.1. The summed E-state index contributed by atoms with van der Waals surface area (Å²) in [5.74, 6) is 0.249. The lowest BCUT2D eigenvalue weighted by molar-refractivity contribution is -0.122. The third-order valence-electron chi connectivity index (χ3n) is 6.98. The molecule has 0 aliphatic carbocycles. The molecule has 0 radical (unpaired) electrons. The van der Waals surface area contributed by atoms with Crippen LogP contribution in [-0.4, -0.2) is 41.3 Å². The monoisotopic (exact) mass is 565 g/mol. The third-order valence-corrected chi connectivity index (χ3v) is 6.98. The van der Waals surface area contributed by atoms with E-state index in [1.807, 2.05) is 51.1 Å². The maximum atomic E-state index is 13.0. The van der Waals surface area contributed by atoms with E-state index in [-0.39, 0.29) is 18.4 Å². The van der Waals surface area contributed by atoms with Crippen molar-refractivity contribution in [2.75, 3.05) is 23.8 Å². The van der Waals surface area contributed by atoms with E-state index in [4.69, 9.17) is 9.72 Å². The van der Waals surface area contributed by atoms with Gasteiger partial charge in [0.25, 0.3) is 0 Å². The Morgan fingerprint density at radius 2 is 1.79 bits per heavy atom. The molecule has 0 aliphatic rings. The van der Waals surface area contributed by atoms with E-state index in [1.165, 1.54) is 19.2 Å². The fraction of sp³-hybridized carbons (Fsp3) is 0.242. The Morgan fingerprint density at radius 1 is 1.00 bits per heavy atom. The highest BCUT2D eigenvalue weighted by molar-refractivity contribution is 5.99. The van der Waals surface area contributed by atoms with Gasteiger partial charge < -0.3 is 20.3 Å². The Kier molecular flexibility index (Phi) is 9.32. The lowest BCUT2D eigenvalue weighted by Gasteiger charge is -2.23. The van der Waals surface area contributed by atoms with Crippen molar-refractivity contribution >= 4 is 46.2 Å². The summed E-state index contributed by atoms with van der Waals surface area (Å²) in [7, 11) is 1.69. The molecule has 0 fully saturated rings. The van der Waals surface area contributed by atoms with Crippen molar-refractivity contribution in [3.8, 4) is 5.75 Å². The first-order valence-electron chi connectivity index (χ1n) is 13.6. The van der Waals surface area contributed by atoms with Crippen molar-refractivity contribution in [1.82, 2.24) is 15.3 Å². The Morgan fingerprint density at radius 3 is 2.50 bits per heavy atom. The van der Waals surface area contributed by atoms with Gasteiger partial charge in [-0.25, -0.2) is 9.97 Å². The summed E-state index contributed by atoms with van der Waals surface area (Å²) >= 11 is 0. The number of aromatic nitrogens is 2. The zero-order valence-corrected chi connectivity index (χ0v) is 24.7. The molecule has 0 saturated heterocycles. The van der Waals surface area contributed by atoms with Crippen LogP contribution in [0.2, 0.25) is 0 Å². The van der Waals surface area contributed by atoms with Gasteiger partial charge in [-0.2, -0.15) is 0 Å². The first kappa shape index (κ1) is 29.9. The van der Waals surface area contributed by atoms with Gasteiger partial charge in [0, 0.05) is 43.0 Å². The number of anilines is 2. The number of carbonyl (C=O) groups excluding carboxylic acids is 3. The van der Waals surface area contributed by atoms with Crippen LogP contribution in [0.25, 0.3) is 17.0 Å². The first-order valence-corrected chi connectivity index (χ1v) is 13.6. The molecule has 4 aromatic rings. The van der Waals surface area contributed by atoms with Gasteiger partial charge in [0.1, 0.15) is 23.7 Å². The summed E-state index contributed by atoms with van der Waals surface area (Å²) in [4.78, 5) is 46.8. The lowest BCUT2D eigenvalue weighted by Crippen LogP contribution is -2.38. The Hall–Kier alpha value is -5.05. The second-order valence-electron chi connectivity index (χ2n) is 10.2. The smallest absolute Gasteiger partial charge is 0.246 e. The Balaban J connectivity index is 1.40. The van der Waals surface area contributed by atoms with E-state index in [0.29, 0.717) is 23.7 Å². The van der Waals surface area contributed by atoms with Gasteiger partial charge in [0.05, 0.1) is 6.54 Å². The molecule has 0 saturated carbocycles. The highest BCUT2D eigenvalue weighted by atomic mass is 16.5. The topological polar surface area (TPSA) is 114 Å². The molecule has 2 N–H and O–H groups in total. The van der Waals surface area contributed by atoms with Crippen molar-refractivity contribution in [2.45, 2.75) is 41.2 Å². The van der Waals surface area contributed by atoms with Crippen LogP contribution in [0.4, 0.5) is 11.5 Å². The molecule has 3 amide bonds. The molecule has 42 heavy (non-hydrogen) atoms. The molecule has 0 aliphatic heterocycles. The van der Waals surface area contributed by atoms with Crippen molar-refractivity contribution in [3.63, 3.8) is 0 Å². The largest absolute Gasteiger partial charge is 0.487 e. The molecule has 0 spiro atoms. The fourth-order valence-electron chi connectivity index (χ4n) is 4.69. The minimum atomic E-state index is -0.411. The van der Waals surface area contributed by atoms with Crippen LogP contribution in [0.15, 0.2) is 60.8 Å². The molecular weight excluding hydrogens is 530 g/mol. The number of nitrogens with one attached hydrogen (secondary N) is 2. The number of para-hydroxylation sites is 1. The molecule has 216 valence electrons. The van der Waals surface area contributed by atoms with E-state index >= 15 is 0 Å². The molecule has 2 aromatic carbocycles. The molecule has 9 nitrogen and oxygen atoms in total. The average Bonchev–Trinajstić information content (AvgIpc) is 2.95. The number of hydrogen-bond acceptors (Lipinski definition) is 6. The highest BCUT2D eigenvalue weighted by Crippen LogP contribution is 2.30. The predicted octanol–water partition coefficient (Wildman–Crippen LogP) is 5.19. The van der Waals surface area contributed by atoms with Crippen LogP contribution >= 0.6 is 0 Å². The van der Waals surface area contributed by atoms with Gasteiger partial charge in [0.2, 0.25) is 17.7 Å². The number of fused-ring (bicyclic) bond motifs is 1. The number of hydrogen-bond donors (Lipinski definition) is 2. The maximum absolute atomic E-state index is 13.0. The summed E-state index contributed by atoms with van der Waals surface area (Å²) in [5.41, 5.74) is 7.29. The van der Waals surface area contributed by atoms with Gasteiger partial charge in [-0.1, -0.05) is 18.2 Å². The molecule has 0 atom stereocenters. The predicted molar refractivity (Wildman–Crippen MR) is 165 cm³/mol. The number of pyridine rings is 2. The maximum Gasteiger partial charge on any atom is 0.246 e. The van der Waals surface area contributed by atoms with Crippen molar-refractivity contribution in [1.29, 1.82) is 0 Å². The number of nitrogens with zero attached hydrogens (tertiary/aromatic N) is 3. The van der Waals surface area contributed by atoms with Crippen molar-refractivity contribution in [2.24, 2.45) is 0 Å². The van der Waals surface area contributed by atoms with Crippen molar-refractivity contribution in [3.05, 3.63) is 94.3 Å². The molecule has 2 heterocycles.